The fourth-order valence-corrected chi connectivity index (χ4v) is 3.36. The van der Waals surface area contributed by atoms with Crippen LogP contribution in [0.5, 0.6) is 0 Å². The van der Waals surface area contributed by atoms with Gasteiger partial charge in [-0.2, -0.15) is 5.10 Å². The quantitative estimate of drug-likeness (QED) is 0.652. The van der Waals surface area contributed by atoms with Gasteiger partial charge in [0.15, 0.2) is 0 Å². The molecule has 0 aliphatic rings. The first-order chi connectivity index (χ1) is 9.45. The molecule has 1 N–H and O–H groups in total. The molecule has 3 nitrogen and oxygen atoms in total. The van der Waals surface area contributed by atoms with E-state index in [9.17, 15) is 0 Å². The van der Waals surface area contributed by atoms with Gasteiger partial charge in [0.1, 0.15) is 0 Å². The van der Waals surface area contributed by atoms with Gasteiger partial charge in [-0.05, 0) is 24.1 Å². The second kappa shape index (κ2) is 6.37. The molecule has 2 aromatic rings. The largest absolute Gasteiger partial charge is 0.312 e. The Hall–Kier alpha value is -1.39. The molecule has 0 radical (unpaired) electrons. The Morgan fingerprint density at radius 1 is 1.10 bits per heavy atom. The summed E-state index contributed by atoms with van der Waals surface area (Å²) in [5, 5.41) is 9.20. The van der Waals surface area contributed by atoms with Crippen molar-refractivity contribution in [2.75, 3.05) is 6.54 Å². The number of aryl methyl sites for hydroxylation is 1. The molecule has 1 aromatic carbocycles. The number of nitrogens with one attached hydrogen (secondary N) is 1. The van der Waals surface area contributed by atoms with Crippen molar-refractivity contribution in [2.24, 2.45) is 7.05 Å². The van der Waals surface area contributed by atoms with Crippen molar-refractivity contribution in [3.63, 3.8) is 0 Å². The van der Waals surface area contributed by atoms with E-state index in [-0.39, 0.29) is 0 Å². The highest BCUT2D eigenvalue weighted by atomic mass is 28.3. The lowest BCUT2D eigenvalue weighted by Gasteiger charge is -2.16. The van der Waals surface area contributed by atoms with Crippen LogP contribution in [-0.4, -0.2) is 24.4 Å². The predicted molar refractivity (Wildman–Crippen MR) is 88.0 cm³/mol. The lowest BCUT2D eigenvalue weighted by molar-refractivity contribution is 0.686. The van der Waals surface area contributed by atoms with Crippen molar-refractivity contribution in [1.82, 2.24) is 15.1 Å². The molecule has 1 heterocycles. The molecule has 20 heavy (non-hydrogen) atoms. The Balaban J connectivity index is 1.77. The van der Waals surface area contributed by atoms with Crippen molar-refractivity contribution >= 4 is 13.3 Å². The average molecular weight is 287 g/mol. The average Bonchev–Trinajstić information content (AvgIpc) is 2.80. The summed E-state index contributed by atoms with van der Waals surface area (Å²) in [5.74, 6) is 0. The van der Waals surface area contributed by atoms with Gasteiger partial charge >= 0.3 is 0 Å². The third-order valence-electron chi connectivity index (χ3n) is 3.50. The maximum atomic E-state index is 4.18. The molecule has 0 saturated heterocycles. The standard InChI is InChI=1S/C16H25N3Si/c1-19-13-15(12-18-19)9-10-17-11-14-5-7-16(8-6-14)20(2,3)4/h5-8,12-13,17H,9-11H2,1-4H3. The summed E-state index contributed by atoms with van der Waals surface area (Å²) in [6.45, 7) is 9.07. The Kier molecular flexibility index (Phi) is 4.78. The Morgan fingerprint density at radius 2 is 1.80 bits per heavy atom. The van der Waals surface area contributed by atoms with Crippen LogP contribution in [0.25, 0.3) is 0 Å². The van der Waals surface area contributed by atoms with Crippen molar-refractivity contribution in [1.29, 1.82) is 0 Å². The second-order valence-corrected chi connectivity index (χ2v) is 11.5. The van der Waals surface area contributed by atoms with Crippen molar-refractivity contribution in [3.8, 4) is 0 Å². The van der Waals surface area contributed by atoms with Gasteiger partial charge in [0, 0.05) is 19.8 Å². The van der Waals surface area contributed by atoms with E-state index in [1.807, 2.05) is 17.9 Å². The van der Waals surface area contributed by atoms with E-state index < -0.39 is 8.07 Å². The number of nitrogens with zero attached hydrogens (tertiary/aromatic N) is 2. The fraction of sp³-hybridized carbons (Fsp3) is 0.438. The first-order valence-electron chi connectivity index (χ1n) is 7.23. The van der Waals surface area contributed by atoms with Crippen LogP contribution in [0.3, 0.4) is 0 Å². The molecule has 0 bridgehead atoms. The van der Waals surface area contributed by atoms with Crippen molar-refractivity contribution in [2.45, 2.75) is 32.6 Å². The van der Waals surface area contributed by atoms with Gasteiger partial charge in [-0.3, -0.25) is 4.68 Å². The van der Waals surface area contributed by atoms with E-state index in [4.69, 9.17) is 0 Å². The molecule has 0 saturated carbocycles. The molecule has 2 rings (SSSR count). The Bertz CT molecular complexity index is 538. The summed E-state index contributed by atoms with van der Waals surface area (Å²) in [6, 6.07) is 9.10. The molecule has 0 amide bonds. The summed E-state index contributed by atoms with van der Waals surface area (Å²) < 4.78 is 1.85. The van der Waals surface area contributed by atoms with Crippen molar-refractivity contribution < 1.29 is 0 Å². The normalized spacial score (nSPS) is 11.8. The first-order valence-corrected chi connectivity index (χ1v) is 10.7. The van der Waals surface area contributed by atoms with Gasteiger partial charge in [0.05, 0.1) is 14.3 Å². The van der Waals surface area contributed by atoms with Crippen LogP contribution in [0.15, 0.2) is 36.7 Å². The van der Waals surface area contributed by atoms with Gasteiger partial charge in [0.25, 0.3) is 0 Å². The zero-order valence-corrected chi connectivity index (χ0v) is 14.0. The third-order valence-corrected chi connectivity index (χ3v) is 5.56. The number of rotatable bonds is 6. The fourth-order valence-electron chi connectivity index (χ4n) is 2.19. The molecule has 0 aliphatic carbocycles. The smallest absolute Gasteiger partial charge is 0.0775 e. The van der Waals surface area contributed by atoms with Crippen LogP contribution >= 0.6 is 0 Å². The van der Waals surface area contributed by atoms with Crippen LogP contribution in [0, 0.1) is 0 Å². The number of benzene rings is 1. The van der Waals surface area contributed by atoms with Gasteiger partial charge in [0.2, 0.25) is 0 Å². The van der Waals surface area contributed by atoms with E-state index >= 15 is 0 Å². The SMILES string of the molecule is Cn1cc(CCNCc2ccc([Si](C)(C)C)cc2)cn1. The maximum Gasteiger partial charge on any atom is 0.0775 e. The maximum absolute atomic E-state index is 4.18. The molecule has 108 valence electrons. The summed E-state index contributed by atoms with van der Waals surface area (Å²) in [7, 11) is 0.790. The minimum Gasteiger partial charge on any atom is -0.312 e. The summed E-state index contributed by atoms with van der Waals surface area (Å²) in [5.41, 5.74) is 2.65. The van der Waals surface area contributed by atoms with E-state index in [2.05, 4.69) is 60.5 Å². The van der Waals surface area contributed by atoms with E-state index in [1.165, 1.54) is 16.3 Å². The molecule has 0 fully saturated rings. The molecule has 0 aliphatic heterocycles. The lowest BCUT2D eigenvalue weighted by Crippen LogP contribution is -2.37. The Morgan fingerprint density at radius 3 is 2.35 bits per heavy atom. The van der Waals surface area contributed by atoms with Crippen LogP contribution in [-0.2, 0) is 20.0 Å². The number of hydrogen-bond donors (Lipinski definition) is 1. The van der Waals surface area contributed by atoms with Crippen LogP contribution in [0.4, 0.5) is 0 Å². The van der Waals surface area contributed by atoms with Crippen LogP contribution in [0.1, 0.15) is 11.1 Å². The van der Waals surface area contributed by atoms with E-state index in [1.54, 1.807) is 0 Å². The summed E-state index contributed by atoms with van der Waals surface area (Å²) >= 11 is 0. The lowest BCUT2D eigenvalue weighted by atomic mass is 10.2. The highest BCUT2D eigenvalue weighted by molar-refractivity contribution is 6.88. The van der Waals surface area contributed by atoms with Gasteiger partial charge in [-0.15, -0.1) is 0 Å². The summed E-state index contributed by atoms with van der Waals surface area (Å²) in [4.78, 5) is 0. The van der Waals surface area contributed by atoms with E-state index in [0.29, 0.717) is 0 Å². The van der Waals surface area contributed by atoms with Crippen LogP contribution in [0.2, 0.25) is 19.6 Å². The first kappa shape index (κ1) is 15.0. The van der Waals surface area contributed by atoms with Crippen LogP contribution < -0.4 is 10.5 Å². The molecule has 0 spiro atoms. The highest BCUT2D eigenvalue weighted by Gasteiger charge is 2.15. The number of aromatic nitrogens is 2. The molecule has 1 aromatic heterocycles. The zero-order valence-electron chi connectivity index (χ0n) is 13.0. The van der Waals surface area contributed by atoms with Crippen molar-refractivity contribution in [3.05, 3.63) is 47.8 Å². The van der Waals surface area contributed by atoms with Gasteiger partial charge in [-0.1, -0.05) is 49.1 Å². The highest BCUT2D eigenvalue weighted by Crippen LogP contribution is 2.04. The predicted octanol–water partition coefficient (Wildman–Crippen LogP) is 2.30. The second-order valence-electron chi connectivity index (χ2n) is 6.40. The molecular formula is C16H25N3Si. The monoisotopic (exact) mass is 287 g/mol. The zero-order chi connectivity index (χ0) is 14.6. The Labute approximate surface area is 123 Å². The molecule has 0 atom stereocenters. The number of hydrogen-bond acceptors (Lipinski definition) is 2. The topological polar surface area (TPSA) is 29.9 Å². The van der Waals surface area contributed by atoms with Gasteiger partial charge < -0.3 is 5.32 Å². The molecule has 4 heteroatoms. The summed E-state index contributed by atoms with van der Waals surface area (Å²) in [6.07, 6.45) is 5.04. The molecular weight excluding hydrogens is 262 g/mol. The van der Waals surface area contributed by atoms with Gasteiger partial charge in [-0.25, -0.2) is 0 Å². The molecule has 0 unspecified atom stereocenters. The van der Waals surface area contributed by atoms with E-state index in [0.717, 1.165) is 19.5 Å². The minimum atomic E-state index is -1.17. The minimum absolute atomic E-state index is 0.937. The third kappa shape index (κ3) is 4.32.